The normalized spacial score (nSPS) is 11.4. The standard InChI is InChI=1S/C13H16N2O2S/c1-3-17-13(16)11(9(2)14)12(18)15-10-7-5-4-6-8-10/h4-8H,3,14H2,1-2H3,(H,15,18)/b11-9-. The number of carbonyl (C=O) groups excluding carboxylic acids is 1. The fourth-order valence-electron chi connectivity index (χ4n) is 1.35. The van der Waals surface area contributed by atoms with Crippen molar-refractivity contribution in [3.63, 3.8) is 0 Å². The Morgan fingerprint density at radius 3 is 2.50 bits per heavy atom. The zero-order chi connectivity index (χ0) is 13.5. The number of anilines is 1. The highest BCUT2D eigenvalue weighted by Gasteiger charge is 2.18. The quantitative estimate of drug-likeness (QED) is 0.496. The Morgan fingerprint density at radius 2 is 2.00 bits per heavy atom. The molecule has 0 saturated carbocycles. The number of para-hydroxylation sites is 1. The van der Waals surface area contributed by atoms with Crippen molar-refractivity contribution in [2.45, 2.75) is 13.8 Å². The van der Waals surface area contributed by atoms with Gasteiger partial charge in [-0.25, -0.2) is 4.79 Å². The van der Waals surface area contributed by atoms with Gasteiger partial charge >= 0.3 is 5.97 Å². The highest BCUT2D eigenvalue weighted by molar-refractivity contribution is 7.81. The number of thiocarbonyl (C=S) groups is 1. The minimum Gasteiger partial charge on any atom is -0.462 e. The second-order valence-corrected chi connectivity index (χ2v) is 4.01. The van der Waals surface area contributed by atoms with Gasteiger partial charge in [-0.1, -0.05) is 30.4 Å². The molecule has 0 heterocycles. The third kappa shape index (κ3) is 3.85. The van der Waals surface area contributed by atoms with Gasteiger partial charge in [-0.2, -0.15) is 0 Å². The number of hydrogen-bond donors (Lipinski definition) is 2. The lowest BCUT2D eigenvalue weighted by molar-refractivity contribution is -0.137. The SMILES string of the molecule is CCOC(=O)/C(C(=S)Nc1ccccc1)=C(/C)N. The van der Waals surface area contributed by atoms with E-state index in [1.807, 2.05) is 30.3 Å². The van der Waals surface area contributed by atoms with Gasteiger partial charge < -0.3 is 15.8 Å². The van der Waals surface area contributed by atoms with E-state index in [0.29, 0.717) is 5.70 Å². The molecule has 0 unspecified atom stereocenters. The minimum atomic E-state index is -0.508. The third-order valence-corrected chi connectivity index (χ3v) is 2.44. The van der Waals surface area contributed by atoms with Crippen molar-refractivity contribution in [3.8, 4) is 0 Å². The highest BCUT2D eigenvalue weighted by atomic mass is 32.1. The van der Waals surface area contributed by atoms with Gasteiger partial charge in [0.2, 0.25) is 0 Å². The number of nitrogens with two attached hydrogens (primary N) is 1. The molecule has 0 aliphatic carbocycles. The molecule has 0 bridgehead atoms. The first-order valence-corrected chi connectivity index (χ1v) is 5.97. The molecule has 0 fully saturated rings. The van der Waals surface area contributed by atoms with Gasteiger partial charge in [-0.3, -0.25) is 0 Å². The number of benzene rings is 1. The van der Waals surface area contributed by atoms with E-state index in [1.54, 1.807) is 13.8 Å². The van der Waals surface area contributed by atoms with E-state index in [0.717, 1.165) is 5.69 Å². The van der Waals surface area contributed by atoms with Gasteiger partial charge in [0.15, 0.2) is 0 Å². The first kappa shape index (κ1) is 14.2. The summed E-state index contributed by atoms with van der Waals surface area (Å²) >= 11 is 5.17. The Hall–Kier alpha value is -1.88. The van der Waals surface area contributed by atoms with E-state index in [4.69, 9.17) is 22.7 Å². The molecule has 96 valence electrons. The predicted octanol–water partition coefficient (Wildman–Crippen LogP) is 2.22. The van der Waals surface area contributed by atoms with Gasteiger partial charge in [-0.05, 0) is 26.0 Å². The lowest BCUT2D eigenvalue weighted by Crippen LogP contribution is -2.24. The van der Waals surface area contributed by atoms with Crippen LogP contribution < -0.4 is 11.1 Å². The maximum Gasteiger partial charge on any atom is 0.342 e. The summed E-state index contributed by atoms with van der Waals surface area (Å²) in [6.07, 6.45) is 0. The van der Waals surface area contributed by atoms with Crippen LogP contribution in [-0.2, 0) is 9.53 Å². The average Bonchev–Trinajstić information content (AvgIpc) is 2.30. The lowest BCUT2D eigenvalue weighted by atomic mass is 10.2. The van der Waals surface area contributed by atoms with Crippen molar-refractivity contribution in [2.75, 3.05) is 11.9 Å². The number of nitrogens with one attached hydrogen (secondary N) is 1. The molecule has 0 aliphatic rings. The van der Waals surface area contributed by atoms with Crippen LogP contribution in [0.2, 0.25) is 0 Å². The molecule has 0 radical (unpaired) electrons. The van der Waals surface area contributed by atoms with E-state index in [2.05, 4.69) is 5.32 Å². The highest BCUT2D eigenvalue weighted by Crippen LogP contribution is 2.11. The van der Waals surface area contributed by atoms with Crippen LogP contribution in [0.5, 0.6) is 0 Å². The number of carbonyl (C=O) groups is 1. The van der Waals surface area contributed by atoms with E-state index in [9.17, 15) is 4.79 Å². The van der Waals surface area contributed by atoms with Gasteiger partial charge in [-0.15, -0.1) is 0 Å². The smallest absolute Gasteiger partial charge is 0.342 e. The van der Waals surface area contributed by atoms with Crippen LogP contribution in [0, 0.1) is 0 Å². The van der Waals surface area contributed by atoms with Crippen molar-refractivity contribution in [2.24, 2.45) is 5.73 Å². The zero-order valence-electron chi connectivity index (χ0n) is 10.4. The van der Waals surface area contributed by atoms with E-state index < -0.39 is 5.97 Å². The molecular formula is C13H16N2O2S. The van der Waals surface area contributed by atoms with Crippen molar-refractivity contribution >= 4 is 28.9 Å². The summed E-state index contributed by atoms with van der Waals surface area (Å²) < 4.78 is 4.92. The molecule has 4 nitrogen and oxygen atoms in total. The summed E-state index contributed by atoms with van der Waals surface area (Å²) in [5, 5.41) is 2.96. The minimum absolute atomic E-state index is 0.204. The molecule has 0 spiro atoms. The number of hydrogen-bond acceptors (Lipinski definition) is 4. The molecule has 0 amide bonds. The molecule has 5 heteroatoms. The first-order chi connectivity index (χ1) is 8.56. The Bertz CT molecular complexity index is 465. The monoisotopic (exact) mass is 264 g/mol. The largest absolute Gasteiger partial charge is 0.462 e. The summed E-state index contributed by atoms with van der Waals surface area (Å²) in [4.78, 5) is 12.0. The lowest BCUT2D eigenvalue weighted by Gasteiger charge is -2.12. The van der Waals surface area contributed by atoms with Gasteiger partial charge in [0, 0.05) is 11.4 Å². The van der Waals surface area contributed by atoms with Crippen molar-refractivity contribution < 1.29 is 9.53 Å². The Labute approximate surface area is 112 Å². The molecular weight excluding hydrogens is 248 g/mol. The number of esters is 1. The van der Waals surface area contributed by atoms with Gasteiger partial charge in [0.1, 0.15) is 10.6 Å². The second kappa shape index (κ2) is 6.76. The van der Waals surface area contributed by atoms with Gasteiger partial charge in [0.05, 0.1) is 6.61 Å². The fraction of sp³-hybridized carbons (Fsp3) is 0.231. The summed E-state index contributed by atoms with van der Waals surface area (Å²) in [6.45, 7) is 3.63. The second-order valence-electron chi connectivity index (χ2n) is 3.60. The Morgan fingerprint density at radius 1 is 1.39 bits per heavy atom. The number of ether oxygens (including phenoxy) is 1. The van der Waals surface area contributed by atoms with Crippen molar-refractivity contribution in [1.82, 2.24) is 0 Å². The molecule has 0 aliphatic heterocycles. The van der Waals surface area contributed by atoms with Crippen LogP contribution in [0.1, 0.15) is 13.8 Å². The van der Waals surface area contributed by atoms with Gasteiger partial charge in [0.25, 0.3) is 0 Å². The van der Waals surface area contributed by atoms with Crippen LogP contribution in [0.3, 0.4) is 0 Å². The molecule has 18 heavy (non-hydrogen) atoms. The summed E-state index contributed by atoms with van der Waals surface area (Å²) in [6, 6.07) is 9.33. The first-order valence-electron chi connectivity index (χ1n) is 5.56. The maximum atomic E-state index is 11.7. The van der Waals surface area contributed by atoms with E-state index in [-0.39, 0.29) is 17.2 Å². The number of allylic oxidation sites excluding steroid dienone is 1. The fourth-order valence-corrected chi connectivity index (χ4v) is 1.71. The maximum absolute atomic E-state index is 11.7. The van der Waals surface area contributed by atoms with Crippen LogP contribution in [-0.4, -0.2) is 17.6 Å². The van der Waals surface area contributed by atoms with Crippen LogP contribution in [0.25, 0.3) is 0 Å². The molecule has 1 rings (SSSR count). The molecule has 1 aromatic carbocycles. The predicted molar refractivity (Wildman–Crippen MR) is 76.2 cm³/mol. The Kier molecular flexibility index (Phi) is 5.32. The molecule has 0 aromatic heterocycles. The summed E-state index contributed by atoms with van der Waals surface area (Å²) in [5.41, 5.74) is 7.01. The van der Waals surface area contributed by atoms with Crippen molar-refractivity contribution in [3.05, 3.63) is 41.6 Å². The van der Waals surface area contributed by atoms with Crippen LogP contribution in [0.15, 0.2) is 41.6 Å². The molecule has 1 aromatic rings. The number of rotatable bonds is 4. The van der Waals surface area contributed by atoms with E-state index >= 15 is 0 Å². The summed E-state index contributed by atoms with van der Waals surface area (Å²) in [7, 11) is 0. The summed E-state index contributed by atoms with van der Waals surface area (Å²) in [5.74, 6) is -0.508. The third-order valence-electron chi connectivity index (χ3n) is 2.13. The molecule has 0 atom stereocenters. The topological polar surface area (TPSA) is 64.3 Å². The van der Waals surface area contributed by atoms with Crippen LogP contribution in [0.4, 0.5) is 5.69 Å². The Balaban J connectivity index is 2.86. The zero-order valence-corrected chi connectivity index (χ0v) is 11.2. The molecule has 3 N–H and O–H groups in total. The van der Waals surface area contributed by atoms with Crippen LogP contribution >= 0.6 is 12.2 Å². The van der Waals surface area contributed by atoms with E-state index in [1.165, 1.54) is 0 Å². The molecule has 0 saturated heterocycles. The average molecular weight is 264 g/mol. The van der Waals surface area contributed by atoms with Crippen molar-refractivity contribution in [1.29, 1.82) is 0 Å².